The van der Waals surface area contributed by atoms with Gasteiger partial charge in [0.05, 0.1) is 19.9 Å². The smallest absolute Gasteiger partial charge is 0.331 e. The van der Waals surface area contributed by atoms with Crippen molar-refractivity contribution in [1.82, 2.24) is 10.2 Å². The number of imide groups is 2. The number of carbonyl (C=O) groups excluding carboxylic acids is 3. The van der Waals surface area contributed by atoms with Crippen molar-refractivity contribution in [1.29, 1.82) is 0 Å². The van der Waals surface area contributed by atoms with Crippen molar-refractivity contribution in [2.24, 2.45) is 5.92 Å². The summed E-state index contributed by atoms with van der Waals surface area (Å²) in [6.45, 7) is 1.74. The van der Waals surface area contributed by atoms with Crippen LogP contribution in [0.2, 0.25) is 0 Å². The van der Waals surface area contributed by atoms with Crippen LogP contribution in [-0.2, 0) is 9.59 Å². The number of ether oxygens (including phenoxy) is 2. The molecule has 8 heteroatoms. The molecule has 2 fully saturated rings. The Morgan fingerprint density at radius 3 is 2.48 bits per heavy atom. The van der Waals surface area contributed by atoms with E-state index >= 15 is 0 Å². The Bertz CT molecular complexity index is 830. The molecule has 2 N–H and O–H groups in total. The minimum atomic E-state index is -1.12. The molecule has 8 nitrogen and oxygen atoms in total. The second-order valence-corrected chi connectivity index (χ2v) is 7.16. The lowest BCUT2D eigenvalue weighted by Gasteiger charge is -2.38. The Morgan fingerprint density at radius 1 is 1.14 bits per heavy atom. The Morgan fingerprint density at radius 2 is 1.86 bits per heavy atom. The van der Waals surface area contributed by atoms with E-state index in [0.717, 1.165) is 32.1 Å². The van der Waals surface area contributed by atoms with Crippen molar-refractivity contribution < 1.29 is 23.9 Å². The van der Waals surface area contributed by atoms with Crippen LogP contribution in [0.25, 0.3) is 0 Å². The molecule has 1 saturated carbocycles. The summed E-state index contributed by atoms with van der Waals surface area (Å²) in [5, 5.41) is 5.48. The number of rotatable bonds is 6. The fourth-order valence-corrected chi connectivity index (χ4v) is 3.92. The standard InChI is InChI=1S/C21H27N3O5/c1-4-15(22-16-11-10-14(28-2)12-17(16)29-3)18-19(25)23-21(27)24(20(18)26)13-8-6-5-7-9-13/h4,10-13,18,22H,5-9H2,1-3H3,(H,23,25,27)/b15-4-/t18-/m0/s1. The molecule has 0 aromatic heterocycles. The van der Waals surface area contributed by atoms with Crippen LogP contribution >= 0.6 is 0 Å². The fourth-order valence-electron chi connectivity index (χ4n) is 3.92. The molecule has 156 valence electrons. The first-order valence-electron chi connectivity index (χ1n) is 9.83. The summed E-state index contributed by atoms with van der Waals surface area (Å²) in [4.78, 5) is 39.4. The van der Waals surface area contributed by atoms with Gasteiger partial charge in [0.2, 0.25) is 11.8 Å². The van der Waals surface area contributed by atoms with E-state index in [-0.39, 0.29) is 6.04 Å². The Hall–Kier alpha value is -3.03. The number of barbiturate groups is 1. The summed E-state index contributed by atoms with van der Waals surface area (Å²) >= 11 is 0. The van der Waals surface area contributed by atoms with Crippen LogP contribution in [0.1, 0.15) is 39.0 Å². The largest absolute Gasteiger partial charge is 0.497 e. The highest BCUT2D eigenvalue weighted by Crippen LogP contribution is 2.33. The van der Waals surface area contributed by atoms with Crippen molar-refractivity contribution in [3.63, 3.8) is 0 Å². The monoisotopic (exact) mass is 401 g/mol. The van der Waals surface area contributed by atoms with Crippen LogP contribution in [0.5, 0.6) is 11.5 Å². The molecular weight excluding hydrogens is 374 g/mol. The highest BCUT2D eigenvalue weighted by Gasteiger charge is 2.45. The fraction of sp³-hybridized carbons (Fsp3) is 0.476. The van der Waals surface area contributed by atoms with Gasteiger partial charge < -0.3 is 14.8 Å². The molecule has 2 aliphatic rings. The van der Waals surface area contributed by atoms with Crippen molar-refractivity contribution in [3.05, 3.63) is 30.0 Å². The molecule has 1 aliphatic carbocycles. The van der Waals surface area contributed by atoms with Gasteiger partial charge in [0.25, 0.3) is 0 Å². The first kappa shape index (κ1) is 20.7. The van der Waals surface area contributed by atoms with E-state index in [1.165, 1.54) is 12.0 Å². The van der Waals surface area contributed by atoms with E-state index in [1.54, 1.807) is 38.3 Å². The van der Waals surface area contributed by atoms with Crippen molar-refractivity contribution in [2.45, 2.75) is 45.1 Å². The lowest BCUT2D eigenvalue weighted by molar-refractivity contribution is -0.142. The number of hydrogen-bond acceptors (Lipinski definition) is 6. The SMILES string of the molecule is C/C=C(\Nc1ccc(OC)cc1OC)[C@H]1C(=O)NC(=O)N(C2CCCCC2)C1=O. The minimum absolute atomic E-state index is 0.166. The molecule has 4 amide bonds. The maximum atomic E-state index is 13.2. The van der Waals surface area contributed by atoms with Crippen LogP contribution in [-0.4, -0.2) is 43.0 Å². The summed E-state index contributed by atoms with van der Waals surface area (Å²) in [6.07, 6.45) is 6.24. The van der Waals surface area contributed by atoms with Crippen molar-refractivity contribution >= 4 is 23.5 Å². The van der Waals surface area contributed by atoms with Crippen LogP contribution in [0.15, 0.2) is 30.0 Å². The van der Waals surface area contributed by atoms with Gasteiger partial charge in [0, 0.05) is 17.8 Å². The average molecular weight is 401 g/mol. The zero-order valence-electron chi connectivity index (χ0n) is 17.0. The lowest BCUT2D eigenvalue weighted by Crippen LogP contribution is -2.61. The topological polar surface area (TPSA) is 97.0 Å². The second-order valence-electron chi connectivity index (χ2n) is 7.16. The number of carbonyl (C=O) groups is 3. The number of benzene rings is 1. The third-order valence-electron chi connectivity index (χ3n) is 5.45. The molecule has 0 radical (unpaired) electrons. The third kappa shape index (κ3) is 4.21. The van der Waals surface area contributed by atoms with Crippen molar-refractivity contribution in [2.75, 3.05) is 19.5 Å². The molecule has 1 aliphatic heterocycles. The molecule has 0 spiro atoms. The molecular formula is C21H27N3O5. The first-order chi connectivity index (χ1) is 14.0. The molecule has 1 aromatic carbocycles. The van der Waals surface area contributed by atoms with Gasteiger partial charge in [0.1, 0.15) is 11.5 Å². The van der Waals surface area contributed by atoms with Gasteiger partial charge >= 0.3 is 6.03 Å². The summed E-state index contributed by atoms with van der Waals surface area (Å²) in [6, 6.07) is 4.41. The summed E-state index contributed by atoms with van der Waals surface area (Å²) in [5.74, 6) is -1.10. The van der Waals surface area contributed by atoms with Crippen LogP contribution < -0.4 is 20.1 Å². The zero-order valence-corrected chi connectivity index (χ0v) is 17.0. The quantitative estimate of drug-likeness (QED) is 0.711. The van der Waals surface area contributed by atoms with E-state index in [9.17, 15) is 14.4 Å². The number of allylic oxidation sites excluding steroid dienone is 1. The molecule has 29 heavy (non-hydrogen) atoms. The molecule has 1 saturated heterocycles. The van der Waals surface area contributed by atoms with Gasteiger partial charge in [-0.3, -0.25) is 19.8 Å². The molecule has 1 heterocycles. The number of amides is 4. The van der Waals surface area contributed by atoms with Gasteiger partial charge in [0.15, 0.2) is 5.92 Å². The summed E-state index contributed by atoms with van der Waals surface area (Å²) < 4.78 is 10.6. The first-order valence-corrected chi connectivity index (χ1v) is 9.83. The third-order valence-corrected chi connectivity index (χ3v) is 5.45. The maximum Gasteiger partial charge on any atom is 0.331 e. The molecule has 1 atom stereocenters. The zero-order chi connectivity index (χ0) is 21.0. The van der Waals surface area contributed by atoms with Gasteiger partial charge in [-0.25, -0.2) is 4.79 Å². The average Bonchev–Trinajstić information content (AvgIpc) is 2.73. The molecule has 3 rings (SSSR count). The minimum Gasteiger partial charge on any atom is -0.497 e. The Kier molecular flexibility index (Phi) is 6.41. The van der Waals surface area contributed by atoms with E-state index in [0.29, 0.717) is 22.9 Å². The van der Waals surface area contributed by atoms with Gasteiger partial charge in [-0.05, 0) is 31.9 Å². The van der Waals surface area contributed by atoms with E-state index in [4.69, 9.17) is 9.47 Å². The number of anilines is 1. The van der Waals surface area contributed by atoms with E-state index in [2.05, 4.69) is 10.6 Å². The molecule has 0 bridgehead atoms. The highest BCUT2D eigenvalue weighted by molar-refractivity contribution is 6.18. The second kappa shape index (κ2) is 8.98. The lowest BCUT2D eigenvalue weighted by atomic mass is 9.91. The van der Waals surface area contributed by atoms with Crippen LogP contribution in [0.4, 0.5) is 10.5 Å². The number of hydrogen-bond donors (Lipinski definition) is 2. The number of urea groups is 1. The number of nitrogens with one attached hydrogen (secondary N) is 2. The number of methoxy groups -OCH3 is 2. The molecule has 1 aromatic rings. The van der Waals surface area contributed by atoms with Crippen LogP contribution in [0, 0.1) is 5.92 Å². The molecule has 0 unspecified atom stereocenters. The van der Waals surface area contributed by atoms with Gasteiger partial charge in [-0.2, -0.15) is 0 Å². The van der Waals surface area contributed by atoms with Gasteiger partial charge in [-0.1, -0.05) is 25.3 Å². The van der Waals surface area contributed by atoms with E-state index in [1.807, 2.05) is 0 Å². The number of nitrogens with zero attached hydrogens (tertiary/aromatic N) is 1. The summed E-state index contributed by atoms with van der Waals surface area (Å²) in [5.41, 5.74) is 0.979. The predicted molar refractivity (Wildman–Crippen MR) is 108 cm³/mol. The predicted octanol–water partition coefficient (Wildman–Crippen LogP) is 3.05. The van der Waals surface area contributed by atoms with Gasteiger partial charge in [-0.15, -0.1) is 0 Å². The summed E-state index contributed by atoms with van der Waals surface area (Å²) in [7, 11) is 3.08. The Labute approximate surface area is 170 Å². The van der Waals surface area contributed by atoms with E-state index < -0.39 is 23.8 Å². The Balaban J connectivity index is 1.87. The van der Waals surface area contributed by atoms with Crippen LogP contribution in [0.3, 0.4) is 0 Å². The normalized spacial score (nSPS) is 21.1. The maximum absolute atomic E-state index is 13.2. The highest BCUT2D eigenvalue weighted by atomic mass is 16.5. The van der Waals surface area contributed by atoms with Crippen molar-refractivity contribution in [3.8, 4) is 11.5 Å².